The molecule has 3 N–H and O–H groups in total. The van der Waals surface area contributed by atoms with Gasteiger partial charge in [0.15, 0.2) is 0 Å². The van der Waals surface area contributed by atoms with Gasteiger partial charge in [0, 0.05) is 12.6 Å². The summed E-state index contributed by atoms with van der Waals surface area (Å²) in [5.41, 5.74) is 6.13. The number of amides is 1. The molecule has 0 unspecified atom stereocenters. The normalized spacial score (nSPS) is 34.1. The summed E-state index contributed by atoms with van der Waals surface area (Å²) in [6, 6.07) is 0.115. The molecular weight excluding hydrogens is 176 g/mol. The molecule has 2 atom stereocenters. The number of rotatable bonds is 3. The van der Waals surface area contributed by atoms with Crippen molar-refractivity contribution in [2.45, 2.75) is 45.1 Å². The predicted molar refractivity (Wildman–Crippen MR) is 55.7 cm³/mol. The Kier molecular flexibility index (Phi) is 2.52. The van der Waals surface area contributed by atoms with Crippen LogP contribution in [0.3, 0.4) is 0 Å². The van der Waals surface area contributed by atoms with Gasteiger partial charge in [-0.3, -0.25) is 4.79 Å². The molecule has 0 aromatic carbocycles. The zero-order chi connectivity index (χ0) is 10.2. The second-order valence-electron chi connectivity index (χ2n) is 5.23. The highest BCUT2D eigenvalue weighted by Crippen LogP contribution is 2.39. The molecule has 2 saturated carbocycles. The van der Waals surface area contributed by atoms with Gasteiger partial charge in [-0.1, -0.05) is 13.3 Å². The van der Waals surface area contributed by atoms with Gasteiger partial charge in [0.1, 0.15) is 0 Å². The molecule has 2 fully saturated rings. The fourth-order valence-corrected chi connectivity index (χ4v) is 2.24. The smallest absolute Gasteiger partial charge is 0.224 e. The van der Waals surface area contributed by atoms with Crippen LogP contribution in [-0.4, -0.2) is 18.5 Å². The summed E-state index contributed by atoms with van der Waals surface area (Å²) in [5, 5.41) is 3.04. The fourth-order valence-electron chi connectivity index (χ4n) is 2.24. The number of nitrogens with one attached hydrogen (secondary N) is 1. The van der Waals surface area contributed by atoms with E-state index in [0.717, 1.165) is 19.4 Å². The molecular formula is C11H20N2O. The van der Waals surface area contributed by atoms with E-state index in [-0.39, 0.29) is 17.9 Å². The Morgan fingerprint density at radius 1 is 1.50 bits per heavy atom. The van der Waals surface area contributed by atoms with Crippen molar-refractivity contribution in [1.29, 1.82) is 0 Å². The molecule has 0 spiro atoms. The van der Waals surface area contributed by atoms with E-state index in [1.807, 2.05) is 0 Å². The SMILES string of the molecule is CC1(CNC(=O)[C@@H]2CC[C@@H]2N)CCC1. The van der Waals surface area contributed by atoms with E-state index in [1.54, 1.807) is 0 Å². The molecule has 0 aromatic rings. The van der Waals surface area contributed by atoms with E-state index in [1.165, 1.54) is 19.3 Å². The molecule has 0 aromatic heterocycles. The van der Waals surface area contributed by atoms with Crippen LogP contribution in [0.2, 0.25) is 0 Å². The number of carbonyl (C=O) groups excluding carboxylic acids is 1. The monoisotopic (exact) mass is 196 g/mol. The third-order valence-electron chi connectivity index (χ3n) is 3.91. The van der Waals surface area contributed by atoms with E-state index < -0.39 is 0 Å². The van der Waals surface area contributed by atoms with Gasteiger partial charge in [-0.05, 0) is 31.1 Å². The van der Waals surface area contributed by atoms with Gasteiger partial charge in [-0.15, -0.1) is 0 Å². The van der Waals surface area contributed by atoms with Crippen molar-refractivity contribution in [3.8, 4) is 0 Å². The predicted octanol–water partition coefficient (Wildman–Crippen LogP) is 1.03. The van der Waals surface area contributed by atoms with Crippen LogP contribution in [-0.2, 0) is 4.79 Å². The molecule has 3 heteroatoms. The Balaban J connectivity index is 1.72. The van der Waals surface area contributed by atoms with Crippen LogP contribution in [0.5, 0.6) is 0 Å². The summed E-state index contributed by atoms with van der Waals surface area (Å²) in [7, 11) is 0. The van der Waals surface area contributed by atoms with Crippen LogP contribution in [0.1, 0.15) is 39.0 Å². The molecule has 2 aliphatic rings. The van der Waals surface area contributed by atoms with Crippen LogP contribution in [0, 0.1) is 11.3 Å². The van der Waals surface area contributed by atoms with E-state index in [0.29, 0.717) is 5.41 Å². The van der Waals surface area contributed by atoms with Gasteiger partial charge >= 0.3 is 0 Å². The molecule has 0 saturated heterocycles. The average molecular weight is 196 g/mol. The van der Waals surface area contributed by atoms with Gasteiger partial charge in [-0.25, -0.2) is 0 Å². The van der Waals surface area contributed by atoms with Crippen molar-refractivity contribution in [2.24, 2.45) is 17.1 Å². The highest BCUT2D eigenvalue weighted by atomic mass is 16.1. The Bertz CT molecular complexity index is 235. The highest BCUT2D eigenvalue weighted by Gasteiger charge is 2.36. The minimum atomic E-state index is 0.0960. The number of hydrogen-bond donors (Lipinski definition) is 2. The van der Waals surface area contributed by atoms with Crippen LogP contribution in [0.4, 0.5) is 0 Å². The average Bonchev–Trinajstić information content (AvgIpc) is 2.09. The lowest BCUT2D eigenvalue weighted by Crippen LogP contribution is -2.51. The summed E-state index contributed by atoms with van der Waals surface area (Å²) in [4.78, 5) is 11.6. The number of hydrogen-bond acceptors (Lipinski definition) is 2. The Labute approximate surface area is 85.4 Å². The van der Waals surface area contributed by atoms with E-state index in [2.05, 4.69) is 12.2 Å². The van der Waals surface area contributed by atoms with Crippen LogP contribution in [0.15, 0.2) is 0 Å². The first kappa shape index (κ1) is 9.97. The minimum absolute atomic E-state index is 0.0960. The van der Waals surface area contributed by atoms with Crippen molar-refractivity contribution in [3.05, 3.63) is 0 Å². The molecule has 0 radical (unpaired) electrons. The van der Waals surface area contributed by atoms with Crippen LogP contribution < -0.4 is 11.1 Å². The highest BCUT2D eigenvalue weighted by molar-refractivity contribution is 5.80. The topological polar surface area (TPSA) is 55.1 Å². The minimum Gasteiger partial charge on any atom is -0.355 e. The van der Waals surface area contributed by atoms with E-state index >= 15 is 0 Å². The van der Waals surface area contributed by atoms with Gasteiger partial charge < -0.3 is 11.1 Å². The van der Waals surface area contributed by atoms with Crippen molar-refractivity contribution >= 4 is 5.91 Å². The maximum Gasteiger partial charge on any atom is 0.224 e. The molecule has 0 heterocycles. The van der Waals surface area contributed by atoms with Crippen LogP contribution >= 0.6 is 0 Å². The summed E-state index contributed by atoms with van der Waals surface area (Å²) in [5.74, 6) is 0.274. The second kappa shape index (κ2) is 3.54. The van der Waals surface area contributed by atoms with Crippen molar-refractivity contribution in [1.82, 2.24) is 5.32 Å². The number of carbonyl (C=O) groups is 1. The third-order valence-corrected chi connectivity index (χ3v) is 3.91. The lowest BCUT2D eigenvalue weighted by Gasteiger charge is -2.40. The largest absolute Gasteiger partial charge is 0.355 e. The van der Waals surface area contributed by atoms with Crippen molar-refractivity contribution in [2.75, 3.05) is 6.54 Å². The van der Waals surface area contributed by atoms with Gasteiger partial charge in [-0.2, -0.15) is 0 Å². The third kappa shape index (κ3) is 1.78. The van der Waals surface area contributed by atoms with E-state index in [4.69, 9.17) is 5.73 Å². The molecule has 2 rings (SSSR count). The zero-order valence-electron chi connectivity index (χ0n) is 8.88. The first-order valence-electron chi connectivity index (χ1n) is 5.64. The fraction of sp³-hybridized carbons (Fsp3) is 0.909. The first-order valence-corrected chi connectivity index (χ1v) is 5.64. The Morgan fingerprint density at radius 2 is 2.21 bits per heavy atom. The molecule has 2 aliphatic carbocycles. The molecule has 0 aliphatic heterocycles. The molecule has 14 heavy (non-hydrogen) atoms. The molecule has 80 valence electrons. The molecule has 0 bridgehead atoms. The summed E-state index contributed by atoms with van der Waals surface area (Å²) in [6.45, 7) is 3.09. The quantitative estimate of drug-likeness (QED) is 0.708. The summed E-state index contributed by atoms with van der Waals surface area (Å²) >= 11 is 0. The summed E-state index contributed by atoms with van der Waals surface area (Å²) in [6.07, 6.45) is 5.81. The lowest BCUT2D eigenvalue weighted by molar-refractivity contribution is -0.129. The maximum absolute atomic E-state index is 11.6. The van der Waals surface area contributed by atoms with Crippen LogP contribution in [0.25, 0.3) is 0 Å². The zero-order valence-corrected chi connectivity index (χ0v) is 8.88. The standard InChI is InChI=1S/C11H20N2O/c1-11(5-2-6-11)7-13-10(14)8-3-4-9(8)12/h8-9H,2-7,12H2,1H3,(H,13,14)/t8-,9+/m1/s1. The Hall–Kier alpha value is -0.570. The Morgan fingerprint density at radius 3 is 2.57 bits per heavy atom. The van der Waals surface area contributed by atoms with Gasteiger partial charge in [0.05, 0.1) is 5.92 Å². The van der Waals surface area contributed by atoms with Gasteiger partial charge in [0.2, 0.25) is 5.91 Å². The first-order chi connectivity index (χ1) is 6.61. The van der Waals surface area contributed by atoms with Crippen molar-refractivity contribution in [3.63, 3.8) is 0 Å². The summed E-state index contributed by atoms with van der Waals surface area (Å²) < 4.78 is 0. The van der Waals surface area contributed by atoms with Crippen molar-refractivity contribution < 1.29 is 4.79 Å². The molecule has 1 amide bonds. The number of nitrogens with two attached hydrogens (primary N) is 1. The van der Waals surface area contributed by atoms with E-state index in [9.17, 15) is 4.79 Å². The second-order valence-corrected chi connectivity index (χ2v) is 5.23. The lowest BCUT2D eigenvalue weighted by atomic mass is 9.70. The molecule has 3 nitrogen and oxygen atoms in total. The maximum atomic E-state index is 11.6. The van der Waals surface area contributed by atoms with Gasteiger partial charge in [0.25, 0.3) is 0 Å².